The second-order valence-electron chi connectivity index (χ2n) is 8.32. The Balaban J connectivity index is 1.65. The summed E-state index contributed by atoms with van der Waals surface area (Å²) >= 11 is 0. The summed E-state index contributed by atoms with van der Waals surface area (Å²) in [6.45, 7) is 6.60. The van der Waals surface area contributed by atoms with Crippen LogP contribution >= 0.6 is 0 Å². The highest BCUT2D eigenvalue weighted by molar-refractivity contribution is 6.00. The maximum Gasteiger partial charge on any atom is 0.264 e. The van der Waals surface area contributed by atoms with Crippen LogP contribution in [-0.4, -0.2) is 39.8 Å². The SMILES string of the molecule is CC(C)=C(C#N)C(=O)N1CC=C(c2cc(NC(=O)C3CC3)nc3[nH]ccc23)C(C)C1. The topological polar surface area (TPSA) is 102 Å². The Bertz CT molecular complexity index is 1130. The zero-order valence-electron chi connectivity index (χ0n) is 17.5. The summed E-state index contributed by atoms with van der Waals surface area (Å²) in [5, 5.41) is 13.2. The van der Waals surface area contributed by atoms with Crippen molar-refractivity contribution < 1.29 is 9.59 Å². The number of anilines is 1. The fourth-order valence-electron chi connectivity index (χ4n) is 3.90. The highest BCUT2D eigenvalue weighted by Crippen LogP contribution is 2.35. The molecule has 0 bridgehead atoms. The number of carbonyl (C=O) groups is 2. The number of allylic oxidation sites excluding steroid dienone is 1. The van der Waals surface area contributed by atoms with E-state index in [4.69, 9.17) is 0 Å². The third-order valence-electron chi connectivity index (χ3n) is 5.71. The van der Waals surface area contributed by atoms with Gasteiger partial charge in [0.25, 0.3) is 5.91 Å². The van der Waals surface area contributed by atoms with Crippen molar-refractivity contribution in [2.75, 3.05) is 18.4 Å². The van der Waals surface area contributed by atoms with Crippen LogP contribution in [0.15, 0.2) is 35.6 Å². The predicted octanol–water partition coefficient (Wildman–Crippen LogP) is 3.63. The molecule has 7 nitrogen and oxygen atoms in total. The van der Waals surface area contributed by atoms with Crippen molar-refractivity contribution >= 4 is 34.2 Å². The molecule has 2 N–H and O–H groups in total. The summed E-state index contributed by atoms with van der Waals surface area (Å²) in [6.07, 6.45) is 5.75. The summed E-state index contributed by atoms with van der Waals surface area (Å²) in [4.78, 5) is 34.3. The summed E-state index contributed by atoms with van der Waals surface area (Å²) in [5.74, 6) is 0.518. The van der Waals surface area contributed by atoms with E-state index in [1.807, 2.05) is 30.5 Å². The van der Waals surface area contributed by atoms with Gasteiger partial charge in [0.15, 0.2) is 0 Å². The van der Waals surface area contributed by atoms with E-state index in [-0.39, 0.29) is 29.2 Å². The molecule has 2 aromatic rings. The lowest BCUT2D eigenvalue weighted by Crippen LogP contribution is -2.39. The van der Waals surface area contributed by atoms with Crippen LogP contribution in [0.1, 0.15) is 39.2 Å². The zero-order chi connectivity index (χ0) is 21.4. The highest BCUT2D eigenvalue weighted by Gasteiger charge is 2.31. The van der Waals surface area contributed by atoms with Crippen LogP contribution in [-0.2, 0) is 9.59 Å². The molecule has 1 fully saturated rings. The number of nitrogens with zero attached hydrogens (tertiary/aromatic N) is 3. The first-order valence-corrected chi connectivity index (χ1v) is 10.2. The van der Waals surface area contributed by atoms with E-state index in [1.165, 1.54) is 0 Å². The molecule has 30 heavy (non-hydrogen) atoms. The van der Waals surface area contributed by atoms with Gasteiger partial charge in [0.1, 0.15) is 23.1 Å². The van der Waals surface area contributed by atoms with E-state index in [2.05, 4.69) is 22.2 Å². The molecule has 0 spiro atoms. The second kappa shape index (κ2) is 7.79. The van der Waals surface area contributed by atoms with Gasteiger partial charge in [-0.25, -0.2) is 4.98 Å². The Hall–Kier alpha value is -3.40. The Morgan fingerprint density at radius 3 is 2.73 bits per heavy atom. The molecule has 0 radical (unpaired) electrons. The quantitative estimate of drug-likeness (QED) is 0.601. The third kappa shape index (κ3) is 3.73. The van der Waals surface area contributed by atoms with Crippen molar-refractivity contribution in [3.8, 4) is 6.07 Å². The molecule has 1 aliphatic carbocycles. The van der Waals surface area contributed by atoms with Crippen molar-refractivity contribution in [1.82, 2.24) is 14.9 Å². The molecule has 4 rings (SSSR count). The van der Waals surface area contributed by atoms with Crippen molar-refractivity contribution in [3.05, 3.63) is 41.1 Å². The second-order valence-corrected chi connectivity index (χ2v) is 8.32. The molecule has 2 amide bonds. The Morgan fingerprint density at radius 2 is 2.10 bits per heavy atom. The fraction of sp³-hybridized carbons (Fsp3) is 0.391. The number of amides is 2. The van der Waals surface area contributed by atoms with Gasteiger partial charge in [-0.05, 0) is 55.9 Å². The van der Waals surface area contributed by atoms with Crippen LogP contribution in [0.2, 0.25) is 0 Å². The normalized spacial score (nSPS) is 18.5. The number of carbonyl (C=O) groups excluding carboxylic acids is 2. The molecule has 1 unspecified atom stereocenters. The molecule has 2 aromatic heterocycles. The van der Waals surface area contributed by atoms with E-state index in [1.54, 1.807) is 18.7 Å². The predicted molar refractivity (Wildman–Crippen MR) is 115 cm³/mol. The number of nitrogens with one attached hydrogen (secondary N) is 2. The number of pyridine rings is 1. The highest BCUT2D eigenvalue weighted by atomic mass is 16.2. The van der Waals surface area contributed by atoms with Gasteiger partial charge in [-0.3, -0.25) is 9.59 Å². The average molecular weight is 403 g/mol. The lowest BCUT2D eigenvalue weighted by molar-refractivity contribution is -0.126. The molecule has 0 saturated heterocycles. The number of hydrogen-bond donors (Lipinski definition) is 2. The molecule has 1 saturated carbocycles. The summed E-state index contributed by atoms with van der Waals surface area (Å²) in [7, 11) is 0. The number of hydrogen-bond acceptors (Lipinski definition) is 4. The van der Waals surface area contributed by atoms with Gasteiger partial charge >= 0.3 is 0 Å². The Morgan fingerprint density at radius 1 is 1.33 bits per heavy atom. The standard InChI is InChI=1S/C23H25N5O2/c1-13(2)19(11-24)23(30)28-9-7-16(14(3)12-28)18-10-20(27-22(29)15-4-5-15)26-21-17(18)6-8-25-21/h6-8,10,14-15H,4-5,9,12H2,1-3H3,(H2,25,26,27,29). The number of fused-ring (bicyclic) bond motifs is 1. The maximum absolute atomic E-state index is 12.7. The lowest BCUT2D eigenvalue weighted by atomic mass is 9.89. The minimum absolute atomic E-state index is 0.0209. The van der Waals surface area contributed by atoms with Crippen molar-refractivity contribution in [1.29, 1.82) is 5.26 Å². The van der Waals surface area contributed by atoms with E-state index >= 15 is 0 Å². The molecule has 1 atom stereocenters. The molecule has 0 aromatic carbocycles. The third-order valence-corrected chi connectivity index (χ3v) is 5.71. The first-order chi connectivity index (χ1) is 14.4. The van der Waals surface area contributed by atoms with Crippen LogP contribution in [0.5, 0.6) is 0 Å². The van der Waals surface area contributed by atoms with E-state index < -0.39 is 0 Å². The van der Waals surface area contributed by atoms with Crippen LogP contribution < -0.4 is 5.32 Å². The van der Waals surface area contributed by atoms with Gasteiger partial charge in [0.05, 0.1) is 0 Å². The molecule has 154 valence electrons. The number of H-pyrrole nitrogens is 1. The maximum atomic E-state index is 12.7. The minimum atomic E-state index is -0.224. The zero-order valence-corrected chi connectivity index (χ0v) is 17.5. The Labute approximate surface area is 175 Å². The molecular formula is C23H25N5O2. The van der Waals surface area contributed by atoms with Gasteiger partial charge in [-0.15, -0.1) is 0 Å². The summed E-state index contributed by atoms with van der Waals surface area (Å²) in [5.41, 5.74) is 3.78. The van der Waals surface area contributed by atoms with Gasteiger partial charge in [-0.2, -0.15) is 5.26 Å². The molecule has 3 heterocycles. The lowest BCUT2D eigenvalue weighted by Gasteiger charge is -2.31. The van der Waals surface area contributed by atoms with Crippen LogP contribution in [0.25, 0.3) is 16.6 Å². The largest absolute Gasteiger partial charge is 0.346 e. The summed E-state index contributed by atoms with van der Waals surface area (Å²) < 4.78 is 0. The van der Waals surface area contributed by atoms with E-state index in [0.717, 1.165) is 40.6 Å². The molecule has 7 heteroatoms. The van der Waals surface area contributed by atoms with Crippen LogP contribution in [0.4, 0.5) is 5.82 Å². The first-order valence-electron chi connectivity index (χ1n) is 10.2. The average Bonchev–Trinajstić information content (AvgIpc) is 3.46. The van der Waals surface area contributed by atoms with Crippen molar-refractivity contribution in [3.63, 3.8) is 0 Å². The van der Waals surface area contributed by atoms with Gasteiger partial charge < -0.3 is 15.2 Å². The number of nitriles is 1. The smallest absolute Gasteiger partial charge is 0.264 e. The number of aromatic nitrogens is 2. The Kier molecular flexibility index (Phi) is 5.17. The van der Waals surface area contributed by atoms with E-state index in [0.29, 0.717) is 18.9 Å². The number of aromatic amines is 1. The monoisotopic (exact) mass is 403 g/mol. The van der Waals surface area contributed by atoms with Gasteiger partial charge in [0, 0.05) is 30.6 Å². The van der Waals surface area contributed by atoms with Gasteiger partial charge in [-0.1, -0.05) is 18.6 Å². The molecule has 2 aliphatic rings. The molecular weight excluding hydrogens is 378 g/mol. The van der Waals surface area contributed by atoms with Gasteiger partial charge in [0.2, 0.25) is 5.91 Å². The van der Waals surface area contributed by atoms with Crippen LogP contribution in [0.3, 0.4) is 0 Å². The fourth-order valence-corrected chi connectivity index (χ4v) is 3.90. The minimum Gasteiger partial charge on any atom is -0.346 e. The van der Waals surface area contributed by atoms with Crippen LogP contribution in [0, 0.1) is 23.2 Å². The van der Waals surface area contributed by atoms with Crippen molar-refractivity contribution in [2.45, 2.75) is 33.6 Å². The number of rotatable bonds is 4. The van der Waals surface area contributed by atoms with E-state index in [9.17, 15) is 14.9 Å². The molecule has 1 aliphatic heterocycles. The van der Waals surface area contributed by atoms with Crippen molar-refractivity contribution in [2.24, 2.45) is 11.8 Å². The first kappa shape index (κ1) is 19.9. The summed E-state index contributed by atoms with van der Waals surface area (Å²) in [6, 6.07) is 5.93.